The van der Waals surface area contributed by atoms with Crippen LogP contribution in [0.5, 0.6) is 0 Å². The van der Waals surface area contributed by atoms with Gasteiger partial charge in [0.05, 0.1) is 6.04 Å². The number of benzene rings is 1. The van der Waals surface area contributed by atoms with Crippen LogP contribution < -0.4 is 11.1 Å². The molecule has 1 atom stereocenters. The van der Waals surface area contributed by atoms with Crippen molar-refractivity contribution in [2.75, 3.05) is 13.1 Å². The number of carbonyl (C=O) groups is 1. The molecule has 0 aliphatic carbocycles. The van der Waals surface area contributed by atoms with Gasteiger partial charge in [-0.2, -0.15) is 0 Å². The van der Waals surface area contributed by atoms with E-state index in [9.17, 15) is 13.6 Å². The molecule has 25 heavy (non-hydrogen) atoms. The van der Waals surface area contributed by atoms with Crippen molar-refractivity contribution < 1.29 is 13.6 Å². The Hall–Kier alpha value is -1.24. The molecule has 0 bridgehead atoms. The van der Waals surface area contributed by atoms with E-state index < -0.39 is 17.7 Å². The maximum Gasteiger partial charge on any atom is 0.237 e. The zero-order chi connectivity index (χ0) is 17.7. The summed E-state index contributed by atoms with van der Waals surface area (Å²) in [5, 5.41) is 3.02. The summed E-state index contributed by atoms with van der Waals surface area (Å²) in [6, 6.07) is 3.70. The van der Waals surface area contributed by atoms with Crippen LogP contribution in [0.3, 0.4) is 0 Å². The number of amides is 1. The molecule has 1 aliphatic heterocycles. The fourth-order valence-corrected chi connectivity index (χ4v) is 3.05. The average molecular weight is 376 g/mol. The van der Waals surface area contributed by atoms with Crippen LogP contribution in [-0.4, -0.2) is 36.0 Å². The van der Waals surface area contributed by atoms with Crippen molar-refractivity contribution >= 4 is 18.3 Å². The quantitative estimate of drug-likeness (QED) is 0.803. The minimum atomic E-state index is -0.821. The summed E-state index contributed by atoms with van der Waals surface area (Å²) in [5.74, 6) is -1.32. The molecule has 0 unspecified atom stereocenters. The summed E-state index contributed by atoms with van der Waals surface area (Å²) in [4.78, 5) is 14.2. The zero-order valence-corrected chi connectivity index (χ0v) is 15.6. The first kappa shape index (κ1) is 21.8. The lowest BCUT2D eigenvalue weighted by Gasteiger charge is -2.33. The lowest BCUT2D eigenvalue weighted by Crippen LogP contribution is -2.49. The van der Waals surface area contributed by atoms with Crippen molar-refractivity contribution in [2.24, 2.45) is 11.7 Å². The molecular formula is C18H28ClF2N3O. The number of nitrogens with zero attached hydrogens (tertiary/aromatic N) is 1. The molecule has 1 aromatic rings. The van der Waals surface area contributed by atoms with Gasteiger partial charge in [0.1, 0.15) is 0 Å². The van der Waals surface area contributed by atoms with Crippen molar-refractivity contribution in [1.29, 1.82) is 0 Å². The number of rotatable bonds is 6. The fraction of sp³-hybridized carbons (Fsp3) is 0.611. The van der Waals surface area contributed by atoms with E-state index in [1.807, 2.05) is 13.8 Å². The molecule has 7 heteroatoms. The van der Waals surface area contributed by atoms with Gasteiger partial charge in [-0.1, -0.05) is 19.9 Å². The number of hydrogen-bond donors (Lipinski definition) is 2. The second-order valence-corrected chi connectivity index (χ2v) is 7.04. The summed E-state index contributed by atoms with van der Waals surface area (Å²) in [7, 11) is 0. The van der Waals surface area contributed by atoms with E-state index in [1.165, 1.54) is 6.07 Å². The molecule has 0 spiro atoms. The maximum atomic E-state index is 13.3. The van der Waals surface area contributed by atoms with Crippen molar-refractivity contribution in [3.63, 3.8) is 0 Å². The van der Waals surface area contributed by atoms with Crippen molar-refractivity contribution in [3.05, 3.63) is 35.4 Å². The third kappa shape index (κ3) is 6.88. The van der Waals surface area contributed by atoms with Gasteiger partial charge in [0.25, 0.3) is 0 Å². The predicted octanol–water partition coefficient (Wildman–Crippen LogP) is 2.84. The van der Waals surface area contributed by atoms with Crippen LogP contribution in [0.25, 0.3) is 0 Å². The van der Waals surface area contributed by atoms with Crippen molar-refractivity contribution in [1.82, 2.24) is 10.2 Å². The number of halogens is 3. The number of piperidine rings is 1. The van der Waals surface area contributed by atoms with E-state index in [0.29, 0.717) is 18.9 Å². The molecule has 0 aromatic heterocycles. The lowest BCUT2D eigenvalue weighted by molar-refractivity contribution is -0.123. The van der Waals surface area contributed by atoms with Crippen LogP contribution >= 0.6 is 12.4 Å². The molecule has 3 N–H and O–H groups in total. The summed E-state index contributed by atoms with van der Waals surface area (Å²) >= 11 is 0. The van der Waals surface area contributed by atoms with E-state index in [-0.39, 0.29) is 24.4 Å². The molecule has 1 fully saturated rings. The summed E-state index contributed by atoms with van der Waals surface area (Å²) in [6.45, 7) is 6.30. The Balaban J connectivity index is 0.00000312. The Kier molecular flexibility index (Phi) is 8.76. The van der Waals surface area contributed by atoms with E-state index in [2.05, 4.69) is 10.2 Å². The zero-order valence-electron chi connectivity index (χ0n) is 14.8. The van der Waals surface area contributed by atoms with Gasteiger partial charge < -0.3 is 11.1 Å². The molecule has 1 heterocycles. The Morgan fingerprint density at radius 3 is 2.48 bits per heavy atom. The fourth-order valence-electron chi connectivity index (χ4n) is 3.05. The number of likely N-dealkylation sites (tertiary alicyclic amines) is 1. The van der Waals surface area contributed by atoms with E-state index in [4.69, 9.17) is 5.73 Å². The van der Waals surface area contributed by atoms with Crippen LogP contribution in [0.1, 0.15) is 38.7 Å². The van der Waals surface area contributed by atoms with Crippen molar-refractivity contribution in [3.8, 4) is 0 Å². The summed E-state index contributed by atoms with van der Waals surface area (Å²) in [6.07, 6.45) is 2.36. The molecule has 4 nitrogen and oxygen atoms in total. The highest BCUT2D eigenvalue weighted by Crippen LogP contribution is 2.16. The maximum absolute atomic E-state index is 13.3. The number of nitrogens with one attached hydrogen (secondary N) is 1. The van der Waals surface area contributed by atoms with E-state index in [1.54, 1.807) is 6.07 Å². The molecule has 1 aliphatic rings. The molecule has 142 valence electrons. The highest BCUT2D eigenvalue weighted by Gasteiger charge is 2.23. The van der Waals surface area contributed by atoms with Crippen LogP contribution in [0.2, 0.25) is 0 Å². The SMILES string of the molecule is CC(C)C[C@H](N)C(=O)NC1CCN(Cc2ccc(F)c(F)c2)CC1.Cl. The molecule has 1 amide bonds. The molecule has 0 saturated carbocycles. The van der Waals surface area contributed by atoms with Gasteiger partial charge in [-0.25, -0.2) is 8.78 Å². The molecule has 1 saturated heterocycles. The minimum Gasteiger partial charge on any atom is -0.352 e. The van der Waals surface area contributed by atoms with Crippen molar-refractivity contribution in [2.45, 2.75) is 51.7 Å². The number of hydrogen-bond acceptors (Lipinski definition) is 3. The summed E-state index contributed by atoms with van der Waals surface area (Å²) in [5.41, 5.74) is 6.66. The van der Waals surface area contributed by atoms with Gasteiger partial charge in [-0.15, -0.1) is 12.4 Å². The monoisotopic (exact) mass is 375 g/mol. The van der Waals surface area contributed by atoms with Gasteiger partial charge in [0, 0.05) is 25.7 Å². The third-order valence-corrected chi connectivity index (χ3v) is 4.39. The topological polar surface area (TPSA) is 58.4 Å². The Bertz CT molecular complexity index is 563. The largest absolute Gasteiger partial charge is 0.352 e. The van der Waals surface area contributed by atoms with Crippen LogP contribution in [0, 0.1) is 17.6 Å². The number of carbonyl (C=O) groups excluding carboxylic acids is 1. The Morgan fingerprint density at radius 1 is 1.28 bits per heavy atom. The summed E-state index contributed by atoms with van der Waals surface area (Å²) < 4.78 is 26.2. The van der Waals surface area contributed by atoms with Gasteiger partial charge in [-0.3, -0.25) is 9.69 Å². The molecule has 2 rings (SSSR count). The van der Waals surface area contributed by atoms with Crippen LogP contribution in [0.15, 0.2) is 18.2 Å². The molecular weight excluding hydrogens is 348 g/mol. The average Bonchev–Trinajstić information content (AvgIpc) is 2.52. The number of nitrogens with two attached hydrogens (primary N) is 1. The minimum absolute atomic E-state index is 0. The Morgan fingerprint density at radius 2 is 1.92 bits per heavy atom. The first-order valence-corrected chi connectivity index (χ1v) is 8.57. The lowest BCUT2D eigenvalue weighted by atomic mass is 10.0. The van der Waals surface area contributed by atoms with Crippen LogP contribution in [-0.2, 0) is 11.3 Å². The highest BCUT2D eigenvalue weighted by molar-refractivity contribution is 5.85. The predicted molar refractivity (Wildman–Crippen MR) is 97.5 cm³/mol. The van der Waals surface area contributed by atoms with Gasteiger partial charge in [0.15, 0.2) is 11.6 Å². The third-order valence-electron chi connectivity index (χ3n) is 4.39. The molecule has 0 radical (unpaired) electrons. The Labute approximate surface area is 154 Å². The first-order chi connectivity index (χ1) is 11.3. The second-order valence-electron chi connectivity index (χ2n) is 7.04. The van der Waals surface area contributed by atoms with E-state index in [0.717, 1.165) is 37.6 Å². The van der Waals surface area contributed by atoms with Gasteiger partial charge in [-0.05, 0) is 42.9 Å². The van der Waals surface area contributed by atoms with E-state index >= 15 is 0 Å². The normalized spacial score (nSPS) is 17.2. The smallest absolute Gasteiger partial charge is 0.237 e. The highest BCUT2D eigenvalue weighted by atomic mass is 35.5. The first-order valence-electron chi connectivity index (χ1n) is 8.57. The van der Waals surface area contributed by atoms with Gasteiger partial charge in [0.2, 0.25) is 5.91 Å². The molecule has 1 aromatic carbocycles. The van der Waals surface area contributed by atoms with Crippen LogP contribution in [0.4, 0.5) is 8.78 Å². The standard InChI is InChI=1S/C18H27F2N3O.ClH/c1-12(2)9-17(21)18(24)22-14-5-7-23(8-6-14)11-13-3-4-15(19)16(20)10-13;/h3-4,10,12,14,17H,5-9,11,21H2,1-2H3,(H,22,24);1H/t17-;/m0./s1. The van der Waals surface area contributed by atoms with Gasteiger partial charge >= 0.3 is 0 Å². The second kappa shape index (κ2) is 10.0.